The van der Waals surface area contributed by atoms with Crippen molar-refractivity contribution in [1.82, 2.24) is 25.3 Å². The maximum absolute atomic E-state index is 12.5. The predicted molar refractivity (Wildman–Crippen MR) is 169 cm³/mol. The number of hydrogen-bond acceptors (Lipinski definition) is 12. The fourth-order valence-corrected chi connectivity index (χ4v) is 5.76. The number of aryl methyl sites for hydroxylation is 1. The van der Waals surface area contributed by atoms with Gasteiger partial charge in [0.05, 0.1) is 19.8 Å². The van der Waals surface area contributed by atoms with Crippen LogP contribution in [0.4, 0.5) is 0 Å². The van der Waals surface area contributed by atoms with Crippen molar-refractivity contribution in [2.45, 2.75) is 76.7 Å². The van der Waals surface area contributed by atoms with Crippen molar-refractivity contribution in [2.75, 3.05) is 65.6 Å². The number of carbonyl (C=O) groups is 1. The highest BCUT2D eigenvalue weighted by Crippen LogP contribution is 2.32. The summed E-state index contributed by atoms with van der Waals surface area (Å²) in [5.74, 6) is 1.22. The SMILES string of the molecule is Cc1cc(OCCCNCCC(=O)N2CCN(CCO)CC2)ccc1Cc1c(O[C@@H]2O[C@H](CO)[C@@H](O)[C@H](O)[C@H]2O)n[nH]c1C(C)C. The Morgan fingerprint density at radius 1 is 1.11 bits per heavy atom. The molecule has 14 heteroatoms. The molecule has 0 saturated carbocycles. The average molecular weight is 650 g/mol. The second-order valence-corrected chi connectivity index (χ2v) is 12.3. The molecule has 258 valence electrons. The van der Waals surface area contributed by atoms with Gasteiger partial charge in [-0.15, -0.1) is 5.10 Å². The Balaban J connectivity index is 1.23. The van der Waals surface area contributed by atoms with Gasteiger partial charge in [-0.05, 0) is 49.1 Å². The Kier molecular flexibility index (Phi) is 13.6. The molecule has 5 atom stereocenters. The largest absolute Gasteiger partial charge is 0.494 e. The molecule has 0 bridgehead atoms. The van der Waals surface area contributed by atoms with Crippen molar-refractivity contribution in [3.05, 3.63) is 40.6 Å². The first-order valence-corrected chi connectivity index (χ1v) is 16.2. The monoisotopic (exact) mass is 649 g/mol. The molecular formula is C32H51N5O9. The summed E-state index contributed by atoms with van der Waals surface area (Å²) in [6.07, 6.45) is -5.24. The predicted octanol–water partition coefficient (Wildman–Crippen LogP) is -0.504. The maximum Gasteiger partial charge on any atom is 0.238 e. The van der Waals surface area contributed by atoms with E-state index < -0.39 is 37.3 Å². The Labute approximate surface area is 270 Å². The number of nitrogens with one attached hydrogen (secondary N) is 2. The lowest BCUT2D eigenvalue weighted by atomic mass is 9.96. The highest BCUT2D eigenvalue weighted by atomic mass is 16.7. The number of β-amino-alcohol motifs (C(OH)–C–C–N with tert-alkyl or cyclic N) is 1. The summed E-state index contributed by atoms with van der Waals surface area (Å²) in [7, 11) is 0. The van der Waals surface area contributed by atoms with Gasteiger partial charge in [-0.1, -0.05) is 19.9 Å². The molecule has 2 aliphatic rings. The van der Waals surface area contributed by atoms with Crippen LogP contribution in [-0.2, 0) is 16.0 Å². The molecule has 2 fully saturated rings. The van der Waals surface area contributed by atoms with Crippen molar-refractivity contribution >= 4 is 5.91 Å². The molecule has 46 heavy (non-hydrogen) atoms. The number of ether oxygens (including phenoxy) is 3. The highest BCUT2D eigenvalue weighted by Gasteiger charge is 2.45. The fraction of sp³-hybridized carbons (Fsp3) is 0.688. The van der Waals surface area contributed by atoms with Crippen LogP contribution in [0.1, 0.15) is 55.0 Å². The number of amides is 1. The van der Waals surface area contributed by atoms with Crippen LogP contribution in [0.25, 0.3) is 0 Å². The van der Waals surface area contributed by atoms with E-state index in [0.717, 1.165) is 54.2 Å². The van der Waals surface area contributed by atoms with E-state index in [1.165, 1.54) is 0 Å². The number of nitrogens with zero attached hydrogens (tertiary/aromatic N) is 3. The Bertz CT molecular complexity index is 1230. The summed E-state index contributed by atoms with van der Waals surface area (Å²) >= 11 is 0. The second kappa shape index (κ2) is 17.4. The fourth-order valence-electron chi connectivity index (χ4n) is 5.76. The second-order valence-electron chi connectivity index (χ2n) is 12.3. The zero-order valence-corrected chi connectivity index (χ0v) is 27.1. The lowest BCUT2D eigenvalue weighted by molar-refractivity contribution is -0.278. The van der Waals surface area contributed by atoms with E-state index in [9.17, 15) is 25.2 Å². The first-order chi connectivity index (χ1) is 22.1. The zero-order chi connectivity index (χ0) is 33.2. The van der Waals surface area contributed by atoms with Crippen LogP contribution < -0.4 is 14.8 Å². The van der Waals surface area contributed by atoms with Crippen LogP contribution in [0.2, 0.25) is 0 Å². The number of hydrogen-bond donors (Lipinski definition) is 7. The van der Waals surface area contributed by atoms with Gasteiger partial charge in [0, 0.05) is 63.4 Å². The molecule has 2 saturated heterocycles. The molecule has 14 nitrogen and oxygen atoms in total. The van der Waals surface area contributed by atoms with Gasteiger partial charge in [0.25, 0.3) is 0 Å². The van der Waals surface area contributed by atoms with Gasteiger partial charge in [0.15, 0.2) is 0 Å². The minimum absolute atomic E-state index is 0.0948. The molecular weight excluding hydrogens is 598 g/mol. The molecule has 7 N–H and O–H groups in total. The van der Waals surface area contributed by atoms with Crippen molar-refractivity contribution in [1.29, 1.82) is 0 Å². The molecule has 0 spiro atoms. The summed E-state index contributed by atoms with van der Waals surface area (Å²) in [6, 6.07) is 5.89. The van der Waals surface area contributed by atoms with E-state index in [2.05, 4.69) is 20.4 Å². The molecule has 0 aliphatic carbocycles. The van der Waals surface area contributed by atoms with E-state index in [4.69, 9.17) is 19.3 Å². The number of aliphatic hydroxyl groups excluding tert-OH is 5. The summed E-state index contributed by atoms with van der Waals surface area (Å²) in [6.45, 7) is 11.2. The van der Waals surface area contributed by atoms with Gasteiger partial charge >= 0.3 is 0 Å². The molecule has 1 aromatic carbocycles. The first-order valence-electron chi connectivity index (χ1n) is 16.2. The number of carbonyl (C=O) groups excluding carboxylic acids is 1. The van der Waals surface area contributed by atoms with E-state index in [1.807, 2.05) is 43.9 Å². The van der Waals surface area contributed by atoms with Crippen LogP contribution in [0, 0.1) is 6.92 Å². The molecule has 1 amide bonds. The number of piperazine rings is 1. The number of aliphatic hydroxyl groups is 5. The molecule has 2 aliphatic heterocycles. The summed E-state index contributed by atoms with van der Waals surface area (Å²) in [4.78, 5) is 16.5. The van der Waals surface area contributed by atoms with Crippen LogP contribution in [0.3, 0.4) is 0 Å². The Morgan fingerprint density at radius 3 is 2.54 bits per heavy atom. The third-order valence-electron chi connectivity index (χ3n) is 8.62. The van der Waals surface area contributed by atoms with Crippen LogP contribution in [0.5, 0.6) is 11.6 Å². The van der Waals surface area contributed by atoms with E-state index in [-0.39, 0.29) is 24.3 Å². The van der Waals surface area contributed by atoms with Gasteiger partial charge < -0.3 is 50.0 Å². The first kappa shape index (κ1) is 36.0. The van der Waals surface area contributed by atoms with Gasteiger partial charge in [-0.2, -0.15) is 0 Å². The minimum atomic E-state index is -1.55. The van der Waals surface area contributed by atoms with Crippen LogP contribution in [0.15, 0.2) is 18.2 Å². The van der Waals surface area contributed by atoms with Gasteiger partial charge in [0.2, 0.25) is 18.1 Å². The average Bonchev–Trinajstić information content (AvgIpc) is 3.44. The lowest BCUT2D eigenvalue weighted by Gasteiger charge is -2.39. The minimum Gasteiger partial charge on any atom is -0.494 e. The number of aromatic amines is 1. The van der Waals surface area contributed by atoms with Gasteiger partial charge in [0.1, 0.15) is 30.2 Å². The van der Waals surface area contributed by atoms with Crippen molar-refractivity contribution in [2.24, 2.45) is 0 Å². The van der Waals surface area contributed by atoms with Gasteiger partial charge in [-0.3, -0.25) is 14.8 Å². The maximum atomic E-state index is 12.5. The quantitative estimate of drug-likeness (QED) is 0.116. The Hall–Kier alpha value is -2.82. The molecule has 2 aromatic rings. The van der Waals surface area contributed by atoms with E-state index in [1.54, 1.807) is 0 Å². The van der Waals surface area contributed by atoms with Gasteiger partial charge in [-0.25, -0.2) is 0 Å². The molecule has 4 rings (SSSR count). The normalized spacial score (nSPS) is 24.0. The standard InChI is InChI=1S/C32H51N5O9/c1-20(2)27-24(31(35-34-27)46-32-30(43)29(42)28(41)25(19-39)45-32)18-22-5-6-23(17-21(22)3)44-16-4-8-33-9-7-26(40)37-12-10-36(11-13-37)14-15-38/h5-6,17,20,25,28-30,32-33,38-39,41-43H,4,7-16,18-19H2,1-3H3,(H,34,35)/t25-,28-,29+,30-,32+/m1/s1. The molecule has 0 radical (unpaired) electrons. The number of H-pyrrole nitrogens is 1. The Morgan fingerprint density at radius 2 is 1.87 bits per heavy atom. The summed E-state index contributed by atoms with van der Waals surface area (Å²) < 4.78 is 17.4. The lowest BCUT2D eigenvalue weighted by Crippen LogP contribution is -2.60. The topological polar surface area (TPSA) is 193 Å². The van der Waals surface area contributed by atoms with Crippen LogP contribution >= 0.6 is 0 Å². The molecule has 3 heterocycles. The third kappa shape index (κ3) is 9.38. The van der Waals surface area contributed by atoms with Crippen molar-refractivity contribution in [3.63, 3.8) is 0 Å². The highest BCUT2D eigenvalue weighted by molar-refractivity contribution is 5.76. The molecule has 1 aromatic heterocycles. The summed E-state index contributed by atoms with van der Waals surface area (Å²) in [5.41, 5.74) is 3.67. The third-order valence-corrected chi connectivity index (χ3v) is 8.62. The van der Waals surface area contributed by atoms with Crippen LogP contribution in [-0.4, -0.2) is 148 Å². The number of aromatic nitrogens is 2. The number of rotatable bonds is 16. The number of benzene rings is 1. The van der Waals surface area contributed by atoms with E-state index in [0.29, 0.717) is 45.6 Å². The smallest absolute Gasteiger partial charge is 0.238 e. The zero-order valence-electron chi connectivity index (χ0n) is 27.1. The van der Waals surface area contributed by atoms with E-state index >= 15 is 0 Å². The van der Waals surface area contributed by atoms with Crippen molar-refractivity contribution in [3.8, 4) is 11.6 Å². The van der Waals surface area contributed by atoms with Crippen molar-refractivity contribution < 1.29 is 44.5 Å². The molecule has 0 unspecified atom stereocenters. The summed E-state index contributed by atoms with van der Waals surface area (Å²) in [5, 5.41) is 60.0.